The summed E-state index contributed by atoms with van der Waals surface area (Å²) in [6.45, 7) is 0. The molecule has 82 valence electrons. The molecule has 0 saturated heterocycles. The number of allylic oxidation sites excluding steroid dienone is 1. The van der Waals surface area contributed by atoms with Crippen molar-refractivity contribution in [3.63, 3.8) is 0 Å². The van der Waals surface area contributed by atoms with Crippen molar-refractivity contribution in [2.75, 3.05) is 5.33 Å². The fourth-order valence-corrected chi connectivity index (χ4v) is 1.71. The first-order valence-electron chi connectivity index (χ1n) is 3.90. The molecule has 0 aliphatic carbocycles. The molecule has 1 N–H and O–H groups in total. The number of aliphatic hydroxyl groups excluding tert-OH is 1. The number of hydrogen-bond donors (Lipinski definition) is 1. The Morgan fingerprint density at radius 3 is 2.80 bits per heavy atom. The Hall–Kier alpha value is -0.750. The highest BCUT2D eigenvalue weighted by molar-refractivity contribution is 9.09. The van der Waals surface area contributed by atoms with E-state index in [-0.39, 0.29) is 0 Å². The fourth-order valence-electron chi connectivity index (χ4n) is 0.791. The summed E-state index contributed by atoms with van der Waals surface area (Å²) in [4.78, 5) is 11.4. The highest BCUT2D eigenvalue weighted by atomic mass is 79.9. The van der Waals surface area contributed by atoms with Crippen LogP contribution in [0.1, 0.15) is 4.88 Å². The fraction of sp³-hybridized carbons (Fsp3) is 0.222. The van der Waals surface area contributed by atoms with Crippen molar-refractivity contribution in [3.05, 3.63) is 28.5 Å². The van der Waals surface area contributed by atoms with Gasteiger partial charge in [-0.15, -0.1) is 11.3 Å². The van der Waals surface area contributed by atoms with E-state index in [1.807, 2.05) is 0 Å². The van der Waals surface area contributed by atoms with Crippen molar-refractivity contribution in [2.24, 2.45) is 0 Å². The second kappa shape index (κ2) is 4.85. The molecule has 1 aromatic heterocycles. The number of aliphatic hydroxyl groups is 1. The highest BCUT2D eigenvalue weighted by Gasteiger charge is 2.35. The number of rotatable bonds is 4. The summed E-state index contributed by atoms with van der Waals surface area (Å²) in [6.07, 6.45) is 0.549. The monoisotopic (exact) mass is 296 g/mol. The molecule has 0 aliphatic heterocycles. The molecule has 2 nitrogen and oxygen atoms in total. The summed E-state index contributed by atoms with van der Waals surface area (Å²) in [6, 6.07) is 3.19. The molecule has 0 aromatic carbocycles. The minimum Gasteiger partial charge on any atom is -0.506 e. The van der Waals surface area contributed by atoms with Crippen LogP contribution < -0.4 is 0 Å². The quantitative estimate of drug-likeness (QED) is 0.526. The van der Waals surface area contributed by atoms with Gasteiger partial charge in [-0.05, 0) is 11.4 Å². The number of ketones is 1. The lowest BCUT2D eigenvalue weighted by molar-refractivity contribution is -0.134. The first-order valence-corrected chi connectivity index (χ1v) is 5.90. The van der Waals surface area contributed by atoms with Crippen molar-refractivity contribution >= 4 is 38.8 Å². The van der Waals surface area contributed by atoms with E-state index in [4.69, 9.17) is 0 Å². The summed E-state index contributed by atoms with van der Waals surface area (Å²) < 4.78 is 25.6. The second-order valence-corrected chi connectivity index (χ2v) is 4.22. The number of hydrogen-bond acceptors (Lipinski definition) is 3. The van der Waals surface area contributed by atoms with E-state index in [0.29, 0.717) is 11.0 Å². The Morgan fingerprint density at radius 1 is 1.67 bits per heavy atom. The summed E-state index contributed by atoms with van der Waals surface area (Å²) in [5.74, 6) is -5.33. The van der Waals surface area contributed by atoms with Gasteiger partial charge in [0.05, 0.1) is 10.2 Å². The molecule has 1 aromatic rings. The molecule has 1 heterocycles. The molecule has 6 heteroatoms. The van der Waals surface area contributed by atoms with Gasteiger partial charge in [0.1, 0.15) is 5.76 Å². The SMILES string of the molecule is O=C(/C=C(\O)c1cccs1)C(F)(F)CBr. The molecule has 0 spiro atoms. The van der Waals surface area contributed by atoms with E-state index in [1.165, 1.54) is 6.07 Å². The van der Waals surface area contributed by atoms with Gasteiger partial charge in [-0.1, -0.05) is 22.0 Å². The van der Waals surface area contributed by atoms with Crippen LogP contribution in [-0.2, 0) is 4.79 Å². The van der Waals surface area contributed by atoms with Crippen LogP contribution in [-0.4, -0.2) is 22.1 Å². The predicted octanol–water partition coefficient (Wildman–Crippen LogP) is 3.25. The van der Waals surface area contributed by atoms with Crippen LogP contribution in [0.2, 0.25) is 0 Å². The van der Waals surface area contributed by atoms with Crippen molar-refractivity contribution in [2.45, 2.75) is 5.92 Å². The van der Waals surface area contributed by atoms with Gasteiger partial charge in [-0.3, -0.25) is 4.79 Å². The van der Waals surface area contributed by atoms with E-state index in [0.717, 1.165) is 11.3 Å². The molecule has 0 saturated carbocycles. The van der Waals surface area contributed by atoms with E-state index in [1.54, 1.807) is 11.4 Å². The molecule has 0 aliphatic rings. The first-order chi connectivity index (χ1) is 6.97. The minimum absolute atomic E-state index is 0.383. The zero-order valence-corrected chi connectivity index (χ0v) is 9.82. The molecule has 1 rings (SSSR count). The Labute approximate surface area is 97.4 Å². The zero-order chi connectivity index (χ0) is 11.5. The number of thiophene rings is 1. The lowest BCUT2D eigenvalue weighted by Crippen LogP contribution is -2.28. The Balaban J connectivity index is 2.85. The number of halogens is 3. The molecular formula is C9H7BrF2O2S. The maximum absolute atomic E-state index is 12.8. The van der Waals surface area contributed by atoms with Crippen LogP contribution >= 0.6 is 27.3 Å². The molecule has 15 heavy (non-hydrogen) atoms. The third kappa shape index (κ3) is 3.10. The smallest absolute Gasteiger partial charge is 0.318 e. The van der Waals surface area contributed by atoms with Crippen molar-refractivity contribution < 1.29 is 18.7 Å². The van der Waals surface area contributed by atoms with Crippen LogP contribution in [0.25, 0.3) is 5.76 Å². The van der Waals surface area contributed by atoms with Crippen molar-refractivity contribution in [1.82, 2.24) is 0 Å². The average Bonchev–Trinajstić information content (AvgIpc) is 2.70. The van der Waals surface area contributed by atoms with Gasteiger partial charge in [0, 0.05) is 6.08 Å². The van der Waals surface area contributed by atoms with Gasteiger partial charge >= 0.3 is 5.92 Å². The number of carbonyl (C=O) groups is 1. The normalized spacial score (nSPS) is 12.9. The molecular weight excluding hydrogens is 290 g/mol. The Morgan fingerprint density at radius 2 is 2.33 bits per heavy atom. The molecule has 0 bridgehead atoms. The van der Waals surface area contributed by atoms with Gasteiger partial charge in [0.2, 0.25) is 5.78 Å². The lowest BCUT2D eigenvalue weighted by atomic mass is 10.2. The Kier molecular flexibility index (Phi) is 3.98. The van der Waals surface area contributed by atoms with Crippen LogP contribution in [0.15, 0.2) is 23.6 Å². The van der Waals surface area contributed by atoms with Crippen molar-refractivity contribution in [1.29, 1.82) is 0 Å². The maximum Gasteiger partial charge on any atom is 0.318 e. The standard InChI is InChI=1S/C9H7BrF2O2S/c10-5-9(11,12)8(14)4-6(13)7-2-1-3-15-7/h1-4,13H,5H2/b6-4-. The van der Waals surface area contributed by atoms with Crippen LogP contribution in [0.5, 0.6) is 0 Å². The summed E-state index contributed by atoms with van der Waals surface area (Å²) in [5.41, 5.74) is 0. The van der Waals surface area contributed by atoms with E-state index >= 15 is 0 Å². The zero-order valence-electron chi connectivity index (χ0n) is 7.41. The number of alkyl halides is 3. The van der Waals surface area contributed by atoms with E-state index < -0.39 is 22.8 Å². The van der Waals surface area contributed by atoms with Crippen LogP contribution in [0.4, 0.5) is 8.78 Å². The number of carbonyl (C=O) groups excluding carboxylic acids is 1. The van der Waals surface area contributed by atoms with Crippen LogP contribution in [0.3, 0.4) is 0 Å². The summed E-state index contributed by atoms with van der Waals surface area (Å²) >= 11 is 3.70. The molecule has 0 radical (unpaired) electrons. The second-order valence-electron chi connectivity index (χ2n) is 2.71. The topological polar surface area (TPSA) is 37.3 Å². The van der Waals surface area contributed by atoms with Crippen molar-refractivity contribution in [3.8, 4) is 0 Å². The highest BCUT2D eigenvalue weighted by Crippen LogP contribution is 2.22. The van der Waals surface area contributed by atoms with Gasteiger partial charge in [0.25, 0.3) is 0 Å². The average molecular weight is 297 g/mol. The van der Waals surface area contributed by atoms with Gasteiger partial charge in [-0.25, -0.2) is 0 Å². The summed E-state index contributed by atoms with van der Waals surface area (Å²) in [7, 11) is 0. The minimum atomic E-state index is -3.48. The largest absolute Gasteiger partial charge is 0.506 e. The van der Waals surface area contributed by atoms with Gasteiger partial charge in [0.15, 0.2) is 0 Å². The van der Waals surface area contributed by atoms with E-state index in [2.05, 4.69) is 15.9 Å². The Bertz CT molecular complexity index is 373. The lowest BCUT2D eigenvalue weighted by Gasteiger charge is -2.08. The summed E-state index contributed by atoms with van der Waals surface area (Å²) in [5, 5.41) is 10.3. The van der Waals surface area contributed by atoms with Crippen LogP contribution in [0, 0.1) is 0 Å². The molecule has 0 amide bonds. The predicted molar refractivity (Wildman–Crippen MR) is 58.7 cm³/mol. The van der Waals surface area contributed by atoms with Gasteiger partial charge < -0.3 is 5.11 Å². The third-order valence-electron chi connectivity index (χ3n) is 1.57. The molecule has 0 fully saturated rings. The first kappa shape index (κ1) is 12.3. The third-order valence-corrected chi connectivity index (χ3v) is 3.17. The maximum atomic E-state index is 12.8. The molecule has 0 atom stereocenters. The molecule has 0 unspecified atom stereocenters. The van der Waals surface area contributed by atoms with Gasteiger partial charge in [-0.2, -0.15) is 8.78 Å². The van der Waals surface area contributed by atoms with E-state index in [9.17, 15) is 18.7 Å².